The second-order valence-corrected chi connectivity index (χ2v) is 2.63. The van der Waals surface area contributed by atoms with E-state index in [0.717, 1.165) is 12.0 Å². The van der Waals surface area contributed by atoms with Crippen molar-refractivity contribution in [3.8, 4) is 0 Å². The first-order valence-corrected chi connectivity index (χ1v) is 3.85. The summed E-state index contributed by atoms with van der Waals surface area (Å²) < 4.78 is 0. The molecule has 0 saturated heterocycles. The zero-order valence-corrected chi connectivity index (χ0v) is 6.11. The van der Waals surface area contributed by atoms with Gasteiger partial charge in [0.25, 0.3) is 0 Å². The van der Waals surface area contributed by atoms with Crippen LogP contribution in [0.5, 0.6) is 0 Å². The Kier molecular flexibility index (Phi) is 2.25. The molecule has 1 unspecified atom stereocenters. The highest BCUT2D eigenvalue weighted by Crippen LogP contribution is 2.17. The first-order chi connectivity index (χ1) is 4.34. The van der Waals surface area contributed by atoms with Gasteiger partial charge in [0, 0.05) is 5.38 Å². The lowest BCUT2D eigenvalue weighted by Gasteiger charge is -2.01. The fourth-order valence-electron chi connectivity index (χ4n) is 0.649. The fraction of sp³-hybridized carbons (Fsp3) is 0.429. The molecule has 1 heterocycles. The summed E-state index contributed by atoms with van der Waals surface area (Å²) in [6.07, 6.45) is 0.498. The molecule has 0 spiro atoms. The highest BCUT2D eigenvalue weighted by molar-refractivity contribution is 7.07. The van der Waals surface area contributed by atoms with Crippen LogP contribution in [0.25, 0.3) is 0 Å². The van der Waals surface area contributed by atoms with Crippen LogP contribution in [0, 0.1) is 5.38 Å². The second kappa shape index (κ2) is 2.99. The Hall–Kier alpha value is -0.340. The van der Waals surface area contributed by atoms with Crippen LogP contribution in [0.3, 0.4) is 0 Å². The van der Waals surface area contributed by atoms with Gasteiger partial charge in [-0.1, -0.05) is 6.92 Å². The molecule has 0 aliphatic carbocycles. The SMILES string of the molecule is CCC(O)c1c[c]sc1. The summed E-state index contributed by atoms with van der Waals surface area (Å²) in [5.74, 6) is 0. The Morgan fingerprint density at radius 2 is 2.67 bits per heavy atom. The van der Waals surface area contributed by atoms with Crippen molar-refractivity contribution >= 4 is 11.3 Å². The number of thiophene rings is 1. The molecule has 2 heteroatoms. The minimum atomic E-state index is -0.285. The summed E-state index contributed by atoms with van der Waals surface area (Å²) in [6, 6.07) is 1.83. The second-order valence-electron chi connectivity index (χ2n) is 1.92. The van der Waals surface area contributed by atoms with Crippen LogP contribution in [0.4, 0.5) is 0 Å². The van der Waals surface area contributed by atoms with E-state index in [1.165, 1.54) is 11.3 Å². The minimum absolute atomic E-state index is 0.285. The molecule has 0 aliphatic rings. The Bertz CT molecular complexity index is 157. The molecule has 0 amide bonds. The molecule has 1 N–H and O–H groups in total. The average Bonchev–Trinajstić information content (AvgIpc) is 2.37. The molecule has 1 atom stereocenters. The van der Waals surface area contributed by atoms with E-state index in [1.807, 2.05) is 18.4 Å². The van der Waals surface area contributed by atoms with Crippen molar-refractivity contribution in [2.24, 2.45) is 0 Å². The molecule has 1 radical (unpaired) electrons. The summed E-state index contributed by atoms with van der Waals surface area (Å²) in [4.78, 5) is 0. The van der Waals surface area contributed by atoms with Gasteiger partial charge in [-0.3, -0.25) is 0 Å². The van der Waals surface area contributed by atoms with E-state index < -0.39 is 0 Å². The number of aliphatic hydroxyl groups is 1. The van der Waals surface area contributed by atoms with Crippen molar-refractivity contribution in [3.63, 3.8) is 0 Å². The van der Waals surface area contributed by atoms with Crippen LogP contribution in [0.1, 0.15) is 25.0 Å². The molecular weight excluding hydrogens is 132 g/mol. The predicted molar refractivity (Wildman–Crippen MR) is 38.4 cm³/mol. The van der Waals surface area contributed by atoms with Crippen LogP contribution in [0.2, 0.25) is 0 Å². The van der Waals surface area contributed by atoms with Crippen LogP contribution >= 0.6 is 11.3 Å². The molecule has 9 heavy (non-hydrogen) atoms. The normalized spacial score (nSPS) is 13.6. The maximum absolute atomic E-state index is 9.20. The first kappa shape index (κ1) is 6.78. The Morgan fingerprint density at radius 1 is 1.89 bits per heavy atom. The van der Waals surface area contributed by atoms with Gasteiger partial charge in [-0.2, -0.15) is 0 Å². The summed E-state index contributed by atoms with van der Waals surface area (Å²) in [5, 5.41) is 14.1. The van der Waals surface area contributed by atoms with Crippen molar-refractivity contribution in [1.82, 2.24) is 0 Å². The van der Waals surface area contributed by atoms with Crippen molar-refractivity contribution in [2.45, 2.75) is 19.4 Å². The van der Waals surface area contributed by atoms with Gasteiger partial charge in [0.05, 0.1) is 6.10 Å². The molecule has 0 aromatic carbocycles. The van der Waals surface area contributed by atoms with Crippen molar-refractivity contribution in [3.05, 3.63) is 22.4 Å². The summed E-state index contributed by atoms with van der Waals surface area (Å²) in [7, 11) is 0. The maximum Gasteiger partial charge on any atom is 0.0795 e. The lowest BCUT2D eigenvalue weighted by atomic mass is 10.1. The standard InChI is InChI=1S/C7H9OS/c1-2-7(8)6-3-4-9-5-6/h3,5,7-8H,2H2,1H3. The van der Waals surface area contributed by atoms with Crippen molar-refractivity contribution < 1.29 is 5.11 Å². The van der Waals surface area contributed by atoms with Crippen molar-refractivity contribution in [2.75, 3.05) is 0 Å². The number of rotatable bonds is 2. The van der Waals surface area contributed by atoms with E-state index in [-0.39, 0.29) is 6.10 Å². The third kappa shape index (κ3) is 1.53. The largest absolute Gasteiger partial charge is 0.388 e. The third-order valence-corrected chi connectivity index (χ3v) is 1.90. The van der Waals surface area contributed by atoms with Gasteiger partial charge < -0.3 is 5.11 Å². The van der Waals surface area contributed by atoms with Gasteiger partial charge in [-0.25, -0.2) is 0 Å². The summed E-state index contributed by atoms with van der Waals surface area (Å²) in [6.45, 7) is 1.96. The molecule has 1 aromatic heterocycles. The highest BCUT2D eigenvalue weighted by atomic mass is 32.1. The quantitative estimate of drug-likeness (QED) is 0.667. The third-order valence-electron chi connectivity index (χ3n) is 1.26. The van der Waals surface area contributed by atoms with Crippen LogP contribution in [0.15, 0.2) is 11.4 Å². The lowest BCUT2D eigenvalue weighted by molar-refractivity contribution is 0.174. The van der Waals surface area contributed by atoms with Gasteiger partial charge in [-0.15, -0.1) is 11.3 Å². The number of hydrogen-bond donors (Lipinski definition) is 1. The Balaban J connectivity index is 2.65. The lowest BCUT2D eigenvalue weighted by Crippen LogP contribution is -1.90. The molecule has 1 aromatic rings. The molecule has 1 nitrogen and oxygen atoms in total. The van der Waals surface area contributed by atoms with E-state index >= 15 is 0 Å². The Morgan fingerprint density at radius 3 is 3.11 bits per heavy atom. The van der Waals surface area contributed by atoms with Gasteiger partial charge in [0.1, 0.15) is 0 Å². The molecule has 49 valence electrons. The molecule has 0 fully saturated rings. The minimum Gasteiger partial charge on any atom is -0.388 e. The Labute approximate surface area is 59.0 Å². The topological polar surface area (TPSA) is 20.2 Å². The maximum atomic E-state index is 9.20. The smallest absolute Gasteiger partial charge is 0.0795 e. The van der Waals surface area contributed by atoms with E-state index in [2.05, 4.69) is 5.38 Å². The van der Waals surface area contributed by atoms with Crippen LogP contribution in [-0.2, 0) is 0 Å². The van der Waals surface area contributed by atoms with Gasteiger partial charge in [-0.05, 0) is 23.4 Å². The van der Waals surface area contributed by atoms with Crippen LogP contribution in [-0.4, -0.2) is 5.11 Å². The zero-order valence-electron chi connectivity index (χ0n) is 5.29. The molecule has 0 bridgehead atoms. The first-order valence-electron chi connectivity index (χ1n) is 2.97. The van der Waals surface area contributed by atoms with E-state index in [9.17, 15) is 5.11 Å². The van der Waals surface area contributed by atoms with Crippen LogP contribution < -0.4 is 0 Å². The summed E-state index contributed by atoms with van der Waals surface area (Å²) >= 11 is 1.50. The fourth-order valence-corrected chi connectivity index (χ4v) is 1.28. The average molecular weight is 141 g/mol. The van der Waals surface area contributed by atoms with E-state index in [1.54, 1.807) is 0 Å². The molecule has 0 aliphatic heterocycles. The highest BCUT2D eigenvalue weighted by Gasteiger charge is 2.02. The monoisotopic (exact) mass is 141 g/mol. The zero-order chi connectivity index (χ0) is 6.69. The molecule has 1 rings (SSSR count). The number of hydrogen-bond acceptors (Lipinski definition) is 2. The van der Waals surface area contributed by atoms with E-state index in [0.29, 0.717) is 0 Å². The molecule has 0 saturated carbocycles. The van der Waals surface area contributed by atoms with Crippen molar-refractivity contribution in [1.29, 1.82) is 0 Å². The van der Waals surface area contributed by atoms with Gasteiger partial charge in [0.15, 0.2) is 0 Å². The predicted octanol–water partition coefficient (Wildman–Crippen LogP) is 1.99. The summed E-state index contributed by atoms with van der Waals surface area (Å²) in [5.41, 5.74) is 0.988. The van der Waals surface area contributed by atoms with Gasteiger partial charge >= 0.3 is 0 Å². The number of aliphatic hydroxyl groups excluding tert-OH is 1. The van der Waals surface area contributed by atoms with Gasteiger partial charge in [0.2, 0.25) is 0 Å². The molecular formula is C7H9OS. The van der Waals surface area contributed by atoms with E-state index in [4.69, 9.17) is 0 Å².